The normalized spacial score (nSPS) is 10.1. The van der Waals surface area contributed by atoms with Crippen molar-refractivity contribution in [1.82, 2.24) is 0 Å². The Kier molecular flexibility index (Phi) is 6.51. The Morgan fingerprint density at radius 1 is 1.04 bits per heavy atom. The summed E-state index contributed by atoms with van der Waals surface area (Å²) >= 11 is 0. The molecule has 0 atom stereocenters. The molecule has 6 heteroatoms. The zero-order valence-corrected chi connectivity index (χ0v) is 15.1. The molecule has 0 radical (unpaired) electrons. The molecule has 0 aliphatic carbocycles. The van der Waals surface area contributed by atoms with Crippen molar-refractivity contribution in [3.8, 4) is 11.5 Å². The number of benzene rings is 2. The van der Waals surface area contributed by atoms with Crippen LogP contribution in [0.25, 0.3) is 0 Å². The molecule has 0 aromatic heterocycles. The molecule has 0 aliphatic rings. The van der Waals surface area contributed by atoms with E-state index >= 15 is 0 Å². The minimum atomic E-state index is -0.0825. The van der Waals surface area contributed by atoms with Gasteiger partial charge in [-0.25, -0.2) is 0 Å². The Bertz CT molecular complexity index is 700. The SMILES string of the molecule is COc1ccc(NC(=O)CCNc2ccc(N(C)C)cc2)c(OC)c1. The number of nitrogens with one attached hydrogen (secondary N) is 2. The van der Waals surface area contributed by atoms with Crippen LogP contribution in [0.1, 0.15) is 6.42 Å². The number of carbonyl (C=O) groups is 1. The first kappa shape index (κ1) is 18.4. The summed E-state index contributed by atoms with van der Waals surface area (Å²) < 4.78 is 10.4. The summed E-state index contributed by atoms with van der Waals surface area (Å²) in [6.07, 6.45) is 0.352. The molecule has 134 valence electrons. The van der Waals surface area contributed by atoms with E-state index < -0.39 is 0 Å². The Labute approximate surface area is 148 Å². The lowest BCUT2D eigenvalue weighted by atomic mass is 10.2. The van der Waals surface area contributed by atoms with Gasteiger partial charge in [-0.3, -0.25) is 4.79 Å². The van der Waals surface area contributed by atoms with Gasteiger partial charge in [0.15, 0.2) is 0 Å². The molecule has 0 fully saturated rings. The van der Waals surface area contributed by atoms with Crippen molar-refractivity contribution in [2.45, 2.75) is 6.42 Å². The van der Waals surface area contributed by atoms with Crippen LogP contribution in [0.2, 0.25) is 0 Å². The summed E-state index contributed by atoms with van der Waals surface area (Å²) in [6.45, 7) is 0.547. The molecular weight excluding hydrogens is 318 g/mol. The van der Waals surface area contributed by atoms with Gasteiger partial charge in [-0.2, -0.15) is 0 Å². The molecule has 2 aromatic rings. The molecule has 2 rings (SSSR count). The minimum absolute atomic E-state index is 0.0825. The van der Waals surface area contributed by atoms with Crippen molar-refractivity contribution in [3.05, 3.63) is 42.5 Å². The monoisotopic (exact) mass is 343 g/mol. The van der Waals surface area contributed by atoms with E-state index in [1.807, 2.05) is 43.3 Å². The van der Waals surface area contributed by atoms with Crippen LogP contribution in [0.5, 0.6) is 11.5 Å². The van der Waals surface area contributed by atoms with Crippen molar-refractivity contribution in [3.63, 3.8) is 0 Å². The second kappa shape index (κ2) is 8.82. The Morgan fingerprint density at radius 3 is 2.36 bits per heavy atom. The maximum Gasteiger partial charge on any atom is 0.226 e. The average Bonchev–Trinajstić information content (AvgIpc) is 2.62. The fourth-order valence-corrected chi connectivity index (χ4v) is 2.31. The molecule has 6 nitrogen and oxygen atoms in total. The Hall–Kier alpha value is -2.89. The van der Waals surface area contributed by atoms with E-state index in [1.54, 1.807) is 32.4 Å². The fraction of sp³-hybridized carbons (Fsp3) is 0.316. The van der Waals surface area contributed by atoms with E-state index in [4.69, 9.17) is 9.47 Å². The lowest BCUT2D eigenvalue weighted by molar-refractivity contribution is -0.116. The van der Waals surface area contributed by atoms with Crippen molar-refractivity contribution in [2.75, 3.05) is 50.4 Å². The van der Waals surface area contributed by atoms with Crippen LogP contribution < -0.4 is 25.0 Å². The maximum atomic E-state index is 12.1. The van der Waals surface area contributed by atoms with Gasteiger partial charge in [-0.05, 0) is 36.4 Å². The highest BCUT2D eigenvalue weighted by atomic mass is 16.5. The van der Waals surface area contributed by atoms with Gasteiger partial charge in [-0.15, -0.1) is 0 Å². The smallest absolute Gasteiger partial charge is 0.226 e. The van der Waals surface area contributed by atoms with Crippen LogP contribution in [-0.2, 0) is 4.79 Å². The van der Waals surface area contributed by atoms with E-state index in [0.717, 1.165) is 11.4 Å². The van der Waals surface area contributed by atoms with E-state index in [2.05, 4.69) is 10.6 Å². The zero-order valence-electron chi connectivity index (χ0n) is 15.1. The second-order valence-corrected chi connectivity index (χ2v) is 5.73. The third-order valence-electron chi connectivity index (χ3n) is 3.75. The third-order valence-corrected chi connectivity index (χ3v) is 3.75. The number of hydrogen-bond acceptors (Lipinski definition) is 5. The largest absolute Gasteiger partial charge is 0.497 e. The first-order valence-electron chi connectivity index (χ1n) is 8.06. The topological polar surface area (TPSA) is 62.8 Å². The average molecular weight is 343 g/mol. The van der Waals surface area contributed by atoms with Crippen LogP contribution in [0.4, 0.5) is 17.1 Å². The predicted octanol–water partition coefficient (Wildman–Crippen LogP) is 3.21. The van der Waals surface area contributed by atoms with Gasteiger partial charge in [-0.1, -0.05) is 0 Å². The molecule has 0 spiro atoms. The summed E-state index contributed by atoms with van der Waals surface area (Å²) in [7, 11) is 7.15. The van der Waals surface area contributed by atoms with Crippen LogP contribution >= 0.6 is 0 Å². The molecule has 2 N–H and O–H groups in total. The third kappa shape index (κ3) is 5.31. The highest BCUT2D eigenvalue weighted by Crippen LogP contribution is 2.29. The first-order chi connectivity index (χ1) is 12.0. The molecular formula is C19H25N3O3. The van der Waals surface area contributed by atoms with E-state index in [9.17, 15) is 4.79 Å². The van der Waals surface area contributed by atoms with Gasteiger partial charge in [0.05, 0.1) is 19.9 Å². The standard InChI is InChI=1S/C19H25N3O3/c1-22(2)15-7-5-14(6-8-15)20-12-11-19(23)21-17-10-9-16(24-3)13-18(17)25-4/h5-10,13,20H,11-12H2,1-4H3,(H,21,23). The van der Waals surface area contributed by atoms with Gasteiger partial charge < -0.3 is 25.0 Å². The van der Waals surface area contributed by atoms with Crippen LogP contribution in [-0.4, -0.2) is 40.8 Å². The molecule has 0 saturated carbocycles. The number of ether oxygens (including phenoxy) is 2. The molecule has 0 saturated heterocycles. The second-order valence-electron chi connectivity index (χ2n) is 5.73. The highest BCUT2D eigenvalue weighted by molar-refractivity contribution is 5.92. The van der Waals surface area contributed by atoms with Crippen molar-refractivity contribution >= 4 is 23.0 Å². The fourth-order valence-electron chi connectivity index (χ4n) is 2.31. The number of nitrogens with zero attached hydrogens (tertiary/aromatic N) is 1. The summed E-state index contributed by atoms with van der Waals surface area (Å²) in [6, 6.07) is 13.3. The lowest BCUT2D eigenvalue weighted by Gasteiger charge is -2.14. The van der Waals surface area contributed by atoms with E-state index in [0.29, 0.717) is 30.2 Å². The summed E-state index contributed by atoms with van der Waals surface area (Å²) in [4.78, 5) is 14.2. The van der Waals surface area contributed by atoms with Gasteiger partial charge in [0.1, 0.15) is 11.5 Å². The number of anilines is 3. The number of hydrogen-bond donors (Lipinski definition) is 2. The molecule has 25 heavy (non-hydrogen) atoms. The Morgan fingerprint density at radius 2 is 1.76 bits per heavy atom. The van der Waals surface area contributed by atoms with Gasteiger partial charge >= 0.3 is 0 Å². The van der Waals surface area contributed by atoms with E-state index in [-0.39, 0.29) is 5.91 Å². The molecule has 1 amide bonds. The molecule has 0 aliphatic heterocycles. The number of amides is 1. The predicted molar refractivity (Wildman–Crippen MR) is 102 cm³/mol. The molecule has 0 bridgehead atoms. The lowest BCUT2D eigenvalue weighted by Crippen LogP contribution is -2.16. The highest BCUT2D eigenvalue weighted by Gasteiger charge is 2.09. The van der Waals surface area contributed by atoms with Gasteiger partial charge in [0.25, 0.3) is 0 Å². The Balaban J connectivity index is 1.84. The quantitative estimate of drug-likeness (QED) is 0.771. The number of methoxy groups -OCH3 is 2. The summed E-state index contributed by atoms with van der Waals surface area (Å²) in [5, 5.41) is 6.10. The summed E-state index contributed by atoms with van der Waals surface area (Å²) in [5.74, 6) is 1.17. The first-order valence-corrected chi connectivity index (χ1v) is 8.06. The summed E-state index contributed by atoms with van der Waals surface area (Å²) in [5.41, 5.74) is 2.75. The molecule has 0 heterocycles. The number of rotatable bonds is 8. The van der Waals surface area contributed by atoms with E-state index in [1.165, 1.54) is 0 Å². The maximum absolute atomic E-state index is 12.1. The van der Waals surface area contributed by atoms with Crippen molar-refractivity contribution < 1.29 is 14.3 Å². The van der Waals surface area contributed by atoms with Crippen molar-refractivity contribution in [1.29, 1.82) is 0 Å². The van der Waals surface area contributed by atoms with Crippen molar-refractivity contribution in [2.24, 2.45) is 0 Å². The number of carbonyl (C=O) groups excluding carboxylic acids is 1. The molecule has 2 aromatic carbocycles. The zero-order chi connectivity index (χ0) is 18.2. The minimum Gasteiger partial charge on any atom is -0.497 e. The molecule has 0 unspecified atom stereocenters. The van der Waals surface area contributed by atoms with Gasteiger partial charge in [0, 0.05) is 44.5 Å². The van der Waals surface area contributed by atoms with Crippen LogP contribution in [0, 0.1) is 0 Å². The van der Waals surface area contributed by atoms with Crippen LogP contribution in [0.3, 0.4) is 0 Å². The van der Waals surface area contributed by atoms with Crippen LogP contribution in [0.15, 0.2) is 42.5 Å². The van der Waals surface area contributed by atoms with Gasteiger partial charge in [0.2, 0.25) is 5.91 Å².